The van der Waals surface area contributed by atoms with E-state index in [4.69, 9.17) is 32.7 Å². The lowest BCUT2D eigenvalue weighted by Crippen LogP contribution is -2.43. The van der Waals surface area contributed by atoms with Crippen LogP contribution in [0, 0.1) is 0 Å². The van der Waals surface area contributed by atoms with Crippen molar-refractivity contribution in [2.45, 2.75) is 18.1 Å². The summed E-state index contributed by atoms with van der Waals surface area (Å²) in [6.07, 6.45) is 0. The molecule has 0 aromatic heterocycles. The number of methoxy groups -OCH3 is 2. The van der Waals surface area contributed by atoms with Crippen LogP contribution in [0.4, 0.5) is 0 Å². The van der Waals surface area contributed by atoms with E-state index in [0.29, 0.717) is 0 Å². The highest BCUT2D eigenvalue weighted by atomic mass is 35.5. The van der Waals surface area contributed by atoms with E-state index in [1.807, 2.05) is 0 Å². The second kappa shape index (κ2) is 4.39. The number of alkyl halides is 2. The van der Waals surface area contributed by atoms with E-state index < -0.39 is 5.79 Å². The van der Waals surface area contributed by atoms with Gasteiger partial charge in [-0.1, -0.05) is 0 Å². The zero-order chi connectivity index (χ0) is 8.20. The van der Waals surface area contributed by atoms with Gasteiger partial charge in [-0.05, 0) is 6.92 Å². The molecule has 0 heterocycles. The fourth-order valence-electron chi connectivity index (χ4n) is 0.624. The lowest BCUT2D eigenvalue weighted by molar-refractivity contribution is -0.188. The lowest BCUT2D eigenvalue weighted by atomic mass is 10.2. The molecule has 0 saturated heterocycles. The van der Waals surface area contributed by atoms with E-state index >= 15 is 0 Å². The molecule has 1 atom stereocenters. The Morgan fingerprint density at radius 1 is 1.40 bits per heavy atom. The maximum atomic E-state index is 5.77. The monoisotopic (exact) mass is 186 g/mol. The third-order valence-electron chi connectivity index (χ3n) is 1.48. The first-order valence-corrected chi connectivity index (χ1v) is 3.90. The van der Waals surface area contributed by atoms with Crippen LogP contribution < -0.4 is 0 Å². The molecule has 0 bridgehead atoms. The van der Waals surface area contributed by atoms with Gasteiger partial charge >= 0.3 is 0 Å². The summed E-state index contributed by atoms with van der Waals surface area (Å²) in [5.41, 5.74) is 0. The molecule has 0 radical (unpaired) electrons. The Balaban J connectivity index is 4.15. The smallest absolute Gasteiger partial charge is 0.197 e. The molecule has 0 aliphatic rings. The second-order valence-corrected chi connectivity index (χ2v) is 2.89. The maximum absolute atomic E-state index is 5.77. The van der Waals surface area contributed by atoms with Crippen molar-refractivity contribution in [2.75, 3.05) is 20.1 Å². The van der Waals surface area contributed by atoms with Crippen LogP contribution in [0.25, 0.3) is 0 Å². The van der Waals surface area contributed by atoms with Gasteiger partial charge in [-0.3, -0.25) is 0 Å². The highest BCUT2D eigenvalue weighted by molar-refractivity contribution is 6.23. The van der Waals surface area contributed by atoms with Gasteiger partial charge < -0.3 is 9.47 Å². The summed E-state index contributed by atoms with van der Waals surface area (Å²) in [7, 11) is 3.04. The standard InChI is InChI=1S/C6H12Cl2O2/c1-5(8)6(4-7,9-2)10-3/h5H,4H2,1-3H3. The van der Waals surface area contributed by atoms with E-state index in [9.17, 15) is 0 Å². The Morgan fingerprint density at radius 2 is 1.80 bits per heavy atom. The number of ether oxygens (including phenoxy) is 2. The molecule has 0 fully saturated rings. The average molecular weight is 187 g/mol. The number of halogens is 2. The molecule has 62 valence electrons. The molecular formula is C6H12Cl2O2. The van der Waals surface area contributed by atoms with Gasteiger partial charge in [-0.15, -0.1) is 23.2 Å². The minimum Gasteiger partial charge on any atom is -0.351 e. The molecule has 0 rings (SSSR count). The van der Waals surface area contributed by atoms with Gasteiger partial charge in [-0.2, -0.15) is 0 Å². The van der Waals surface area contributed by atoms with E-state index in [-0.39, 0.29) is 11.3 Å². The maximum Gasteiger partial charge on any atom is 0.197 e. The van der Waals surface area contributed by atoms with Crippen molar-refractivity contribution in [3.8, 4) is 0 Å². The number of hydrogen-bond donors (Lipinski definition) is 0. The van der Waals surface area contributed by atoms with Crippen molar-refractivity contribution >= 4 is 23.2 Å². The van der Waals surface area contributed by atoms with Gasteiger partial charge in [-0.25, -0.2) is 0 Å². The van der Waals surface area contributed by atoms with Crippen LogP contribution in [-0.2, 0) is 9.47 Å². The topological polar surface area (TPSA) is 18.5 Å². The number of rotatable bonds is 4. The van der Waals surface area contributed by atoms with Crippen molar-refractivity contribution in [2.24, 2.45) is 0 Å². The second-order valence-electron chi connectivity index (χ2n) is 1.97. The molecule has 2 nitrogen and oxygen atoms in total. The first-order chi connectivity index (χ1) is 4.63. The minimum atomic E-state index is -0.844. The van der Waals surface area contributed by atoms with Crippen molar-refractivity contribution in [1.82, 2.24) is 0 Å². The van der Waals surface area contributed by atoms with Crippen LogP contribution in [0.5, 0.6) is 0 Å². The summed E-state index contributed by atoms with van der Waals surface area (Å²) in [5.74, 6) is -0.617. The molecular weight excluding hydrogens is 175 g/mol. The predicted octanol–water partition coefficient (Wildman–Crippen LogP) is 1.84. The molecule has 0 amide bonds. The Bertz CT molecular complexity index is 83.5. The normalized spacial score (nSPS) is 15.3. The molecule has 0 aliphatic heterocycles. The fourth-order valence-corrected chi connectivity index (χ4v) is 1.41. The molecule has 0 spiro atoms. The van der Waals surface area contributed by atoms with Crippen molar-refractivity contribution < 1.29 is 9.47 Å². The Morgan fingerprint density at radius 3 is 1.80 bits per heavy atom. The van der Waals surface area contributed by atoms with Crippen LogP contribution >= 0.6 is 23.2 Å². The highest BCUT2D eigenvalue weighted by Gasteiger charge is 2.34. The molecule has 1 unspecified atom stereocenters. The van der Waals surface area contributed by atoms with Gasteiger partial charge in [0.2, 0.25) is 0 Å². The molecule has 0 aromatic carbocycles. The molecule has 10 heavy (non-hydrogen) atoms. The largest absolute Gasteiger partial charge is 0.351 e. The van der Waals surface area contributed by atoms with Gasteiger partial charge in [0.25, 0.3) is 0 Å². The van der Waals surface area contributed by atoms with Crippen LogP contribution in [0.15, 0.2) is 0 Å². The summed E-state index contributed by atoms with van der Waals surface area (Å²) in [5, 5.41) is -0.264. The average Bonchev–Trinajstić information content (AvgIpc) is 1.92. The molecule has 0 aliphatic carbocycles. The van der Waals surface area contributed by atoms with E-state index in [0.717, 1.165) is 0 Å². The highest BCUT2D eigenvalue weighted by Crippen LogP contribution is 2.22. The molecule has 0 N–H and O–H groups in total. The van der Waals surface area contributed by atoms with Gasteiger partial charge in [0, 0.05) is 14.2 Å². The third-order valence-corrected chi connectivity index (χ3v) is 2.19. The van der Waals surface area contributed by atoms with Crippen LogP contribution in [0.2, 0.25) is 0 Å². The van der Waals surface area contributed by atoms with E-state index in [2.05, 4.69) is 0 Å². The lowest BCUT2D eigenvalue weighted by Gasteiger charge is -2.30. The summed E-state index contributed by atoms with van der Waals surface area (Å²) in [6.45, 7) is 1.77. The summed E-state index contributed by atoms with van der Waals surface area (Å²) >= 11 is 11.4. The number of hydrogen-bond acceptors (Lipinski definition) is 2. The summed E-state index contributed by atoms with van der Waals surface area (Å²) in [6, 6.07) is 0. The van der Waals surface area contributed by atoms with Gasteiger partial charge in [0.05, 0.1) is 11.3 Å². The van der Waals surface area contributed by atoms with Gasteiger partial charge in [0.15, 0.2) is 5.79 Å². The fraction of sp³-hybridized carbons (Fsp3) is 1.00. The summed E-state index contributed by atoms with van der Waals surface area (Å²) < 4.78 is 10.0. The van der Waals surface area contributed by atoms with Crippen LogP contribution in [0.3, 0.4) is 0 Å². The van der Waals surface area contributed by atoms with E-state index in [1.54, 1.807) is 6.92 Å². The third kappa shape index (κ3) is 1.99. The zero-order valence-corrected chi connectivity index (χ0v) is 7.87. The summed E-state index contributed by atoms with van der Waals surface area (Å²) in [4.78, 5) is 0. The van der Waals surface area contributed by atoms with Crippen molar-refractivity contribution in [1.29, 1.82) is 0 Å². The molecule has 4 heteroatoms. The van der Waals surface area contributed by atoms with Crippen molar-refractivity contribution in [3.05, 3.63) is 0 Å². The van der Waals surface area contributed by atoms with Gasteiger partial charge in [0.1, 0.15) is 0 Å². The zero-order valence-electron chi connectivity index (χ0n) is 6.36. The van der Waals surface area contributed by atoms with E-state index in [1.165, 1.54) is 14.2 Å². The Kier molecular flexibility index (Phi) is 4.61. The SMILES string of the molecule is COC(CCl)(OC)C(C)Cl. The molecule has 0 saturated carbocycles. The quantitative estimate of drug-likeness (QED) is 0.493. The first kappa shape index (κ1) is 10.5. The van der Waals surface area contributed by atoms with Crippen LogP contribution in [0.1, 0.15) is 6.92 Å². The van der Waals surface area contributed by atoms with Crippen molar-refractivity contribution in [3.63, 3.8) is 0 Å². The Labute approximate surface area is 71.4 Å². The Hall–Kier alpha value is 0.500. The minimum absolute atomic E-state index is 0.227. The molecule has 0 aromatic rings. The first-order valence-electron chi connectivity index (χ1n) is 2.93. The predicted molar refractivity (Wildman–Crippen MR) is 42.8 cm³/mol. The van der Waals surface area contributed by atoms with Crippen LogP contribution in [-0.4, -0.2) is 31.3 Å².